The van der Waals surface area contributed by atoms with Crippen LogP contribution in [0.5, 0.6) is 5.75 Å². The Morgan fingerprint density at radius 1 is 1.50 bits per heavy atom. The van der Waals surface area contributed by atoms with Crippen LogP contribution in [0.4, 0.5) is 0 Å². The Morgan fingerprint density at radius 2 is 2.33 bits per heavy atom. The number of hydrogen-bond donors (Lipinski definition) is 3. The lowest BCUT2D eigenvalue weighted by molar-refractivity contribution is 0.0951. The van der Waals surface area contributed by atoms with Gasteiger partial charge in [0.05, 0.1) is 5.56 Å². The van der Waals surface area contributed by atoms with Gasteiger partial charge in [-0.3, -0.25) is 9.89 Å². The van der Waals surface area contributed by atoms with Crippen molar-refractivity contribution in [2.45, 2.75) is 6.42 Å². The van der Waals surface area contributed by atoms with Crippen LogP contribution in [-0.4, -0.2) is 32.7 Å². The molecule has 0 saturated heterocycles. The molecule has 0 atom stereocenters. The molecule has 0 aliphatic heterocycles. The minimum atomic E-state index is -0.380. The molecule has 3 N–H and O–H groups in total. The number of aromatic nitrogens is 3. The first kappa shape index (κ1) is 12.4. The Labute approximate surface area is 108 Å². The summed E-state index contributed by atoms with van der Waals surface area (Å²) in [4.78, 5) is 15.7. The van der Waals surface area contributed by atoms with Crippen LogP contribution in [0, 0.1) is 0 Å². The van der Waals surface area contributed by atoms with E-state index < -0.39 is 0 Å². The summed E-state index contributed by atoms with van der Waals surface area (Å²) in [5.41, 5.74) is 0.153. The summed E-state index contributed by atoms with van der Waals surface area (Å²) in [6, 6.07) is 4.32. The van der Waals surface area contributed by atoms with Gasteiger partial charge in [-0.2, -0.15) is 5.10 Å². The van der Waals surface area contributed by atoms with E-state index in [2.05, 4.69) is 20.5 Å². The monoisotopic (exact) mass is 266 g/mol. The van der Waals surface area contributed by atoms with Gasteiger partial charge in [-0.1, -0.05) is 11.6 Å². The van der Waals surface area contributed by atoms with Crippen molar-refractivity contribution >= 4 is 17.5 Å². The number of hydrogen-bond acceptors (Lipinski definition) is 4. The van der Waals surface area contributed by atoms with Crippen molar-refractivity contribution in [1.82, 2.24) is 20.5 Å². The summed E-state index contributed by atoms with van der Waals surface area (Å²) in [5.74, 6) is 0.205. The summed E-state index contributed by atoms with van der Waals surface area (Å²) in [5, 5.41) is 19.0. The Balaban J connectivity index is 1.93. The van der Waals surface area contributed by atoms with Crippen molar-refractivity contribution in [2.75, 3.05) is 6.54 Å². The Kier molecular flexibility index (Phi) is 3.78. The normalized spacial score (nSPS) is 10.3. The first-order valence-corrected chi connectivity index (χ1v) is 5.65. The number of benzene rings is 1. The molecule has 0 fully saturated rings. The minimum absolute atomic E-state index is 0.100. The molecule has 0 spiro atoms. The van der Waals surface area contributed by atoms with Crippen LogP contribution >= 0.6 is 11.6 Å². The smallest absolute Gasteiger partial charge is 0.255 e. The van der Waals surface area contributed by atoms with E-state index in [0.29, 0.717) is 23.8 Å². The number of amides is 1. The van der Waals surface area contributed by atoms with E-state index in [1.165, 1.54) is 24.5 Å². The predicted molar refractivity (Wildman–Crippen MR) is 65.5 cm³/mol. The fourth-order valence-corrected chi connectivity index (χ4v) is 1.60. The topological polar surface area (TPSA) is 90.9 Å². The molecule has 7 heteroatoms. The van der Waals surface area contributed by atoms with Crippen molar-refractivity contribution in [3.05, 3.63) is 40.9 Å². The molecule has 1 amide bonds. The summed E-state index contributed by atoms with van der Waals surface area (Å²) in [7, 11) is 0. The van der Waals surface area contributed by atoms with E-state index in [1.807, 2.05) is 0 Å². The maximum atomic E-state index is 11.8. The van der Waals surface area contributed by atoms with Gasteiger partial charge in [0, 0.05) is 18.0 Å². The third-order valence-electron chi connectivity index (χ3n) is 2.32. The largest absolute Gasteiger partial charge is 0.507 e. The molecule has 1 heterocycles. The Hall–Kier alpha value is -2.08. The Morgan fingerprint density at radius 3 is 3.06 bits per heavy atom. The van der Waals surface area contributed by atoms with Gasteiger partial charge in [-0.05, 0) is 18.2 Å². The molecule has 0 aliphatic rings. The van der Waals surface area contributed by atoms with Gasteiger partial charge in [-0.15, -0.1) is 0 Å². The summed E-state index contributed by atoms with van der Waals surface area (Å²) in [6.45, 7) is 0.389. The van der Waals surface area contributed by atoms with Gasteiger partial charge in [0.15, 0.2) is 0 Å². The second-order valence-electron chi connectivity index (χ2n) is 3.60. The summed E-state index contributed by atoms with van der Waals surface area (Å²) in [6.07, 6.45) is 1.94. The highest BCUT2D eigenvalue weighted by Gasteiger charge is 2.11. The number of carbonyl (C=O) groups excluding carboxylic acids is 1. The average Bonchev–Trinajstić information content (AvgIpc) is 2.85. The first-order valence-electron chi connectivity index (χ1n) is 5.28. The SMILES string of the molecule is O=C(NCCc1ncn[nH]1)c1cc(Cl)ccc1O. The maximum Gasteiger partial charge on any atom is 0.255 e. The van der Waals surface area contributed by atoms with Crippen LogP contribution in [0.25, 0.3) is 0 Å². The highest BCUT2D eigenvalue weighted by atomic mass is 35.5. The number of rotatable bonds is 4. The second kappa shape index (κ2) is 5.50. The molecule has 18 heavy (non-hydrogen) atoms. The maximum absolute atomic E-state index is 11.8. The zero-order valence-electron chi connectivity index (χ0n) is 9.35. The molecule has 1 aromatic heterocycles. The highest BCUT2D eigenvalue weighted by Crippen LogP contribution is 2.21. The van der Waals surface area contributed by atoms with Gasteiger partial charge in [0.1, 0.15) is 17.9 Å². The molecule has 0 aliphatic carbocycles. The lowest BCUT2D eigenvalue weighted by Gasteiger charge is -2.06. The average molecular weight is 267 g/mol. The molecule has 94 valence electrons. The van der Waals surface area contributed by atoms with Crippen molar-refractivity contribution in [3.8, 4) is 5.75 Å². The van der Waals surface area contributed by atoms with E-state index in [1.54, 1.807) is 0 Å². The zero-order chi connectivity index (χ0) is 13.0. The van der Waals surface area contributed by atoms with Crippen LogP contribution < -0.4 is 5.32 Å². The minimum Gasteiger partial charge on any atom is -0.507 e. The number of H-pyrrole nitrogens is 1. The van der Waals surface area contributed by atoms with Crippen LogP contribution in [0.2, 0.25) is 5.02 Å². The summed E-state index contributed by atoms with van der Waals surface area (Å²) >= 11 is 5.76. The molecular formula is C11H11ClN4O2. The van der Waals surface area contributed by atoms with Crippen molar-refractivity contribution < 1.29 is 9.90 Å². The Bertz CT molecular complexity index is 542. The molecule has 2 aromatic rings. The molecule has 0 radical (unpaired) electrons. The van der Waals surface area contributed by atoms with Crippen molar-refractivity contribution in [1.29, 1.82) is 0 Å². The summed E-state index contributed by atoms with van der Waals surface area (Å²) < 4.78 is 0. The lowest BCUT2D eigenvalue weighted by Crippen LogP contribution is -2.26. The molecule has 6 nitrogen and oxygen atoms in total. The number of carbonyl (C=O) groups is 1. The number of aromatic hydroxyl groups is 1. The highest BCUT2D eigenvalue weighted by molar-refractivity contribution is 6.31. The molecule has 2 rings (SSSR count). The van der Waals surface area contributed by atoms with E-state index in [0.717, 1.165) is 0 Å². The predicted octanol–water partition coefficient (Wildman–Crippen LogP) is 1.14. The van der Waals surface area contributed by atoms with Gasteiger partial charge in [-0.25, -0.2) is 4.98 Å². The van der Waals surface area contributed by atoms with Crippen LogP contribution in [0.3, 0.4) is 0 Å². The van der Waals surface area contributed by atoms with Gasteiger partial charge < -0.3 is 10.4 Å². The quantitative estimate of drug-likeness (QED) is 0.774. The van der Waals surface area contributed by atoms with Crippen molar-refractivity contribution in [2.24, 2.45) is 0 Å². The molecule has 0 saturated carbocycles. The molecule has 1 aromatic carbocycles. The fraction of sp³-hybridized carbons (Fsp3) is 0.182. The number of phenolic OH excluding ortho intramolecular Hbond substituents is 1. The van der Waals surface area contributed by atoms with Gasteiger partial charge in [0.2, 0.25) is 0 Å². The van der Waals surface area contributed by atoms with Gasteiger partial charge >= 0.3 is 0 Å². The van der Waals surface area contributed by atoms with Crippen molar-refractivity contribution in [3.63, 3.8) is 0 Å². The van der Waals surface area contributed by atoms with E-state index >= 15 is 0 Å². The van der Waals surface area contributed by atoms with Crippen LogP contribution in [0.1, 0.15) is 16.2 Å². The number of halogens is 1. The standard InChI is InChI=1S/C11H11ClN4O2/c12-7-1-2-9(17)8(5-7)11(18)13-4-3-10-14-6-15-16-10/h1-2,5-6,17H,3-4H2,(H,13,18)(H,14,15,16). The third-order valence-corrected chi connectivity index (χ3v) is 2.55. The molecule has 0 unspecified atom stereocenters. The van der Waals surface area contributed by atoms with Crippen LogP contribution in [-0.2, 0) is 6.42 Å². The number of aromatic amines is 1. The van der Waals surface area contributed by atoms with E-state index in [9.17, 15) is 9.90 Å². The molecular weight excluding hydrogens is 256 g/mol. The third kappa shape index (κ3) is 2.98. The number of nitrogens with one attached hydrogen (secondary N) is 2. The zero-order valence-corrected chi connectivity index (χ0v) is 10.1. The van der Waals surface area contributed by atoms with Gasteiger partial charge in [0.25, 0.3) is 5.91 Å². The van der Waals surface area contributed by atoms with E-state index in [-0.39, 0.29) is 17.2 Å². The first-order chi connectivity index (χ1) is 8.66. The lowest BCUT2D eigenvalue weighted by atomic mass is 10.2. The number of nitrogens with zero attached hydrogens (tertiary/aromatic N) is 2. The van der Waals surface area contributed by atoms with E-state index in [4.69, 9.17) is 11.6 Å². The van der Waals surface area contributed by atoms with Crippen LogP contribution in [0.15, 0.2) is 24.5 Å². The number of phenols is 1. The second-order valence-corrected chi connectivity index (χ2v) is 4.04. The fourth-order valence-electron chi connectivity index (χ4n) is 1.43. The molecule has 0 bridgehead atoms.